The molecule has 0 fully saturated rings. The SMILES string of the molecule is CN1C(=O)C(N)N=C(c2ccccc2)c2cc(C#CCCCC(=O)NO)ccc21. The van der Waals surface area contributed by atoms with Gasteiger partial charge in [-0.25, -0.2) is 5.48 Å². The number of aliphatic imine (C=N–C) groups is 1. The number of carbonyl (C=O) groups excluding carboxylic acids is 2. The molecule has 2 amide bonds. The summed E-state index contributed by atoms with van der Waals surface area (Å²) in [5, 5.41) is 8.50. The standard InChI is InChI=1S/C22H22N4O3/c1-26-18-13-12-15(8-4-2-7-11-19(27)25-29)14-17(18)20(24-21(23)22(26)28)16-9-5-3-6-10-16/h3,5-6,9-10,12-14,21,29H,2,7,11,23H2,1H3,(H,25,27). The summed E-state index contributed by atoms with van der Waals surface area (Å²) in [5.74, 6) is 5.41. The Balaban J connectivity index is 1.94. The molecule has 0 aromatic heterocycles. The number of hydrogen-bond donors (Lipinski definition) is 3. The Kier molecular flexibility index (Phi) is 6.39. The van der Waals surface area contributed by atoms with Gasteiger partial charge in [0.25, 0.3) is 5.91 Å². The van der Waals surface area contributed by atoms with E-state index in [1.807, 2.05) is 48.5 Å². The number of hydrogen-bond acceptors (Lipinski definition) is 5. The minimum atomic E-state index is -0.977. The van der Waals surface area contributed by atoms with Crippen molar-refractivity contribution in [1.82, 2.24) is 5.48 Å². The van der Waals surface area contributed by atoms with Crippen LogP contribution in [0.25, 0.3) is 0 Å². The highest BCUT2D eigenvalue weighted by Gasteiger charge is 2.27. The van der Waals surface area contributed by atoms with Gasteiger partial charge in [0.2, 0.25) is 5.91 Å². The number of fused-ring (bicyclic) bond motifs is 1. The van der Waals surface area contributed by atoms with E-state index >= 15 is 0 Å². The second-order valence-corrected chi connectivity index (χ2v) is 6.61. The Morgan fingerprint density at radius 3 is 2.76 bits per heavy atom. The normalized spacial score (nSPS) is 15.6. The number of anilines is 1. The Morgan fingerprint density at radius 2 is 2.03 bits per heavy atom. The van der Waals surface area contributed by atoms with Crippen molar-refractivity contribution < 1.29 is 14.8 Å². The minimum absolute atomic E-state index is 0.213. The number of likely N-dealkylation sites (N-methyl/N-ethyl adjacent to an activating group) is 1. The van der Waals surface area contributed by atoms with Crippen molar-refractivity contribution in [3.63, 3.8) is 0 Å². The van der Waals surface area contributed by atoms with E-state index in [-0.39, 0.29) is 12.3 Å². The molecule has 148 valence electrons. The lowest BCUT2D eigenvalue weighted by atomic mass is 9.98. The van der Waals surface area contributed by atoms with Crippen LogP contribution in [0.15, 0.2) is 53.5 Å². The first-order valence-electron chi connectivity index (χ1n) is 9.24. The molecule has 2 aromatic rings. The molecule has 1 atom stereocenters. The first kappa shape index (κ1) is 20.3. The average molecular weight is 390 g/mol. The molecule has 0 saturated carbocycles. The highest BCUT2D eigenvalue weighted by atomic mass is 16.5. The summed E-state index contributed by atoms with van der Waals surface area (Å²) in [6.07, 6.45) is 0.306. The topological polar surface area (TPSA) is 108 Å². The number of rotatable bonds is 4. The van der Waals surface area contributed by atoms with E-state index in [2.05, 4.69) is 16.8 Å². The van der Waals surface area contributed by atoms with E-state index < -0.39 is 12.1 Å². The maximum atomic E-state index is 12.5. The highest BCUT2D eigenvalue weighted by molar-refractivity contribution is 6.20. The van der Waals surface area contributed by atoms with Gasteiger partial charge < -0.3 is 10.6 Å². The molecule has 29 heavy (non-hydrogen) atoms. The average Bonchev–Trinajstić information content (AvgIpc) is 2.84. The van der Waals surface area contributed by atoms with Crippen molar-refractivity contribution in [2.24, 2.45) is 10.7 Å². The number of nitrogens with one attached hydrogen (secondary N) is 1. The van der Waals surface area contributed by atoms with Crippen LogP contribution in [0.1, 0.15) is 36.0 Å². The lowest BCUT2D eigenvalue weighted by Crippen LogP contribution is -2.39. The summed E-state index contributed by atoms with van der Waals surface area (Å²) in [6, 6.07) is 15.2. The van der Waals surface area contributed by atoms with E-state index in [9.17, 15) is 9.59 Å². The highest BCUT2D eigenvalue weighted by Crippen LogP contribution is 2.28. The third-order valence-corrected chi connectivity index (χ3v) is 4.58. The van der Waals surface area contributed by atoms with Gasteiger partial charge in [0.05, 0.1) is 11.4 Å². The maximum Gasteiger partial charge on any atom is 0.266 e. The van der Waals surface area contributed by atoms with Gasteiger partial charge in [-0.1, -0.05) is 42.2 Å². The van der Waals surface area contributed by atoms with Crippen LogP contribution in [0, 0.1) is 11.8 Å². The lowest BCUT2D eigenvalue weighted by Gasteiger charge is -2.19. The number of hydroxylamine groups is 1. The Morgan fingerprint density at radius 1 is 1.28 bits per heavy atom. The number of benzene rings is 2. The molecule has 3 rings (SSSR count). The van der Waals surface area contributed by atoms with Crippen molar-refractivity contribution in [3.8, 4) is 11.8 Å². The number of unbranched alkanes of at least 4 members (excludes halogenated alkanes) is 1. The molecule has 0 spiro atoms. The summed E-state index contributed by atoms with van der Waals surface area (Å²) >= 11 is 0. The fraction of sp³-hybridized carbons (Fsp3) is 0.227. The predicted molar refractivity (Wildman–Crippen MR) is 111 cm³/mol. The van der Waals surface area contributed by atoms with Gasteiger partial charge in [0.15, 0.2) is 6.17 Å². The van der Waals surface area contributed by atoms with Crippen LogP contribution in [-0.4, -0.2) is 35.9 Å². The van der Waals surface area contributed by atoms with Crippen molar-refractivity contribution in [3.05, 3.63) is 65.2 Å². The molecule has 7 nitrogen and oxygen atoms in total. The quantitative estimate of drug-likeness (QED) is 0.320. The first-order chi connectivity index (χ1) is 14.0. The summed E-state index contributed by atoms with van der Waals surface area (Å²) in [4.78, 5) is 29.5. The van der Waals surface area contributed by atoms with Crippen molar-refractivity contribution >= 4 is 23.2 Å². The molecule has 0 saturated heterocycles. The van der Waals surface area contributed by atoms with Gasteiger partial charge in [-0.2, -0.15) is 0 Å². The van der Waals surface area contributed by atoms with Gasteiger partial charge in [-0.3, -0.25) is 19.8 Å². The van der Waals surface area contributed by atoms with Crippen LogP contribution in [0.4, 0.5) is 5.69 Å². The molecular weight excluding hydrogens is 368 g/mol. The molecular formula is C22H22N4O3. The molecule has 1 heterocycles. The second-order valence-electron chi connectivity index (χ2n) is 6.61. The van der Waals surface area contributed by atoms with Gasteiger partial charge >= 0.3 is 0 Å². The number of nitrogens with two attached hydrogens (primary N) is 1. The summed E-state index contributed by atoms with van der Waals surface area (Å²) in [5.41, 5.74) is 11.4. The van der Waals surface area contributed by atoms with Gasteiger partial charge in [0, 0.05) is 36.6 Å². The molecule has 7 heteroatoms. The minimum Gasteiger partial charge on any atom is -0.312 e. The van der Waals surface area contributed by atoms with E-state index in [1.165, 1.54) is 4.90 Å². The Labute approximate surface area is 169 Å². The van der Waals surface area contributed by atoms with E-state index in [1.54, 1.807) is 12.5 Å². The number of benzodiazepines with no additional fused rings is 1. The molecule has 4 N–H and O–H groups in total. The largest absolute Gasteiger partial charge is 0.312 e. The zero-order valence-electron chi connectivity index (χ0n) is 16.1. The van der Waals surface area contributed by atoms with Crippen LogP contribution in [-0.2, 0) is 9.59 Å². The lowest BCUT2D eigenvalue weighted by molar-refractivity contribution is -0.129. The molecule has 2 aromatic carbocycles. The molecule has 1 aliphatic rings. The molecule has 0 radical (unpaired) electrons. The Bertz CT molecular complexity index is 1010. The van der Waals surface area contributed by atoms with Crippen molar-refractivity contribution in [1.29, 1.82) is 0 Å². The molecule has 1 aliphatic heterocycles. The van der Waals surface area contributed by atoms with E-state index in [0.29, 0.717) is 18.6 Å². The van der Waals surface area contributed by atoms with Crippen LogP contribution < -0.4 is 16.1 Å². The van der Waals surface area contributed by atoms with Gasteiger partial charge in [-0.05, 0) is 24.6 Å². The van der Waals surface area contributed by atoms with Crippen LogP contribution in [0.3, 0.4) is 0 Å². The van der Waals surface area contributed by atoms with E-state index in [4.69, 9.17) is 10.9 Å². The Hall–Kier alpha value is -3.47. The monoisotopic (exact) mass is 390 g/mol. The number of amides is 2. The van der Waals surface area contributed by atoms with Crippen LogP contribution >= 0.6 is 0 Å². The summed E-state index contributed by atoms with van der Waals surface area (Å²) < 4.78 is 0. The second kappa shape index (κ2) is 9.15. The van der Waals surface area contributed by atoms with Gasteiger partial charge in [0.1, 0.15) is 0 Å². The molecule has 0 aliphatic carbocycles. The zero-order chi connectivity index (χ0) is 20.8. The van der Waals surface area contributed by atoms with Crippen molar-refractivity contribution in [2.75, 3.05) is 11.9 Å². The third kappa shape index (κ3) is 4.69. The fourth-order valence-corrected chi connectivity index (χ4v) is 3.06. The molecule has 1 unspecified atom stereocenters. The fourth-order valence-electron chi connectivity index (χ4n) is 3.06. The van der Waals surface area contributed by atoms with Gasteiger partial charge in [-0.15, -0.1) is 0 Å². The smallest absolute Gasteiger partial charge is 0.266 e. The first-order valence-corrected chi connectivity index (χ1v) is 9.24. The maximum absolute atomic E-state index is 12.5. The summed E-state index contributed by atoms with van der Waals surface area (Å²) in [6.45, 7) is 0. The number of nitrogens with zero attached hydrogens (tertiary/aromatic N) is 2. The van der Waals surface area contributed by atoms with E-state index in [0.717, 1.165) is 22.4 Å². The predicted octanol–water partition coefficient (Wildman–Crippen LogP) is 1.81. The third-order valence-electron chi connectivity index (χ3n) is 4.58. The van der Waals surface area contributed by atoms with Crippen molar-refractivity contribution in [2.45, 2.75) is 25.4 Å². The van der Waals surface area contributed by atoms with Crippen LogP contribution in [0.2, 0.25) is 0 Å². The summed E-state index contributed by atoms with van der Waals surface area (Å²) in [7, 11) is 1.68. The molecule has 0 bridgehead atoms. The zero-order valence-corrected chi connectivity index (χ0v) is 16.1. The number of carbonyl (C=O) groups is 2. The van der Waals surface area contributed by atoms with Crippen LogP contribution in [0.5, 0.6) is 0 Å².